The van der Waals surface area contributed by atoms with E-state index in [0.717, 1.165) is 6.42 Å². The van der Waals surface area contributed by atoms with E-state index >= 15 is 0 Å². The van der Waals surface area contributed by atoms with Crippen LogP contribution in [0.15, 0.2) is 48.5 Å². The number of carbonyl (C=O) groups excluding carboxylic acids is 1. The van der Waals surface area contributed by atoms with E-state index in [1.165, 1.54) is 17.7 Å². The molecule has 1 atom stereocenters. The van der Waals surface area contributed by atoms with E-state index in [-0.39, 0.29) is 12.3 Å². The van der Waals surface area contributed by atoms with Crippen molar-refractivity contribution < 1.29 is 13.9 Å². The van der Waals surface area contributed by atoms with Gasteiger partial charge in [-0.05, 0) is 42.2 Å². The molecule has 0 fully saturated rings. The molecule has 3 nitrogen and oxygen atoms in total. The lowest BCUT2D eigenvalue weighted by molar-refractivity contribution is -0.118. The Labute approximate surface area is 130 Å². The fraction of sp³-hybridized carbons (Fsp3) is 0.278. The molecule has 22 heavy (non-hydrogen) atoms. The van der Waals surface area contributed by atoms with Crippen LogP contribution in [0.1, 0.15) is 31.7 Å². The number of halogens is 1. The number of benzene rings is 2. The average Bonchev–Trinajstić information content (AvgIpc) is 2.55. The van der Waals surface area contributed by atoms with Crippen molar-refractivity contribution in [2.45, 2.75) is 26.2 Å². The first-order chi connectivity index (χ1) is 10.6. The van der Waals surface area contributed by atoms with Gasteiger partial charge in [0.05, 0.1) is 5.69 Å². The molecule has 0 aliphatic carbocycles. The Hall–Kier alpha value is -2.36. The number of nitrogens with one attached hydrogen (secondary N) is 1. The Morgan fingerprint density at radius 2 is 1.86 bits per heavy atom. The molecule has 0 aromatic heterocycles. The number of amides is 1. The molecular formula is C18H20FNO2. The van der Waals surface area contributed by atoms with E-state index in [1.54, 1.807) is 12.1 Å². The summed E-state index contributed by atoms with van der Waals surface area (Å²) in [6, 6.07) is 13.7. The minimum absolute atomic E-state index is 0.156. The van der Waals surface area contributed by atoms with E-state index in [1.807, 2.05) is 24.3 Å². The summed E-state index contributed by atoms with van der Waals surface area (Å²) in [5.41, 5.74) is 1.40. The third-order valence-electron chi connectivity index (χ3n) is 3.58. The van der Waals surface area contributed by atoms with Gasteiger partial charge in [0.25, 0.3) is 5.91 Å². The van der Waals surface area contributed by atoms with Gasteiger partial charge in [0, 0.05) is 0 Å². The maximum absolute atomic E-state index is 13.4. The molecule has 0 radical (unpaired) electrons. The van der Waals surface area contributed by atoms with Crippen molar-refractivity contribution in [1.29, 1.82) is 0 Å². The Balaban J connectivity index is 1.87. The normalized spacial score (nSPS) is 11.8. The third kappa shape index (κ3) is 4.32. The summed E-state index contributed by atoms with van der Waals surface area (Å²) in [5.74, 6) is 0.263. The van der Waals surface area contributed by atoms with Crippen LogP contribution in [0, 0.1) is 5.82 Å². The van der Waals surface area contributed by atoms with Crippen molar-refractivity contribution in [2.24, 2.45) is 0 Å². The first-order valence-electron chi connectivity index (χ1n) is 7.37. The SMILES string of the molecule is CC[C@@H](C)c1ccc(OCC(=O)Nc2ccccc2F)cc1. The Kier molecular flexibility index (Phi) is 5.53. The van der Waals surface area contributed by atoms with Gasteiger partial charge in [-0.2, -0.15) is 0 Å². The maximum atomic E-state index is 13.4. The van der Waals surface area contributed by atoms with E-state index in [4.69, 9.17) is 4.74 Å². The van der Waals surface area contributed by atoms with Crippen molar-refractivity contribution in [1.82, 2.24) is 0 Å². The predicted molar refractivity (Wildman–Crippen MR) is 85.7 cm³/mol. The standard InChI is InChI=1S/C18H20FNO2/c1-3-13(2)14-8-10-15(11-9-14)22-12-18(21)20-17-7-5-4-6-16(17)19/h4-11,13H,3,12H2,1-2H3,(H,20,21)/t13-/m1/s1. The number of carbonyl (C=O) groups is 1. The molecule has 0 unspecified atom stereocenters. The summed E-state index contributed by atoms with van der Waals surface area (Å²) >= 11 is 0. The van der Waals surface area contributed by atoms with Crippen LogP contribution >= 0.6 is 0 Å². The van der Waals surface area contributed by atoms with E-state index in [0.29, 0.717) is 11.7 Å². The highest BCUT2D eigenvalue weighted by molar-refractivity contribution is 5.91. The largest absolute Gasteiger partial charge is 0.484 e. The molecule has 4 heteroatoms. The number of anilines is 1. The number of hydrogen-bond donors (Lipinski definition) is 1. The van der Waals surface area contributed by atoms with Crippen LogP contribution in [0.25, 0.3) is 0 Å². The molecule has 2 aromatic rings. The lowest BCUT2D eigenvalue weighted by atomic mass is 9.99. The summed E-state index contributed by atoms with van der Waals surface area (Å²) < 4.78 is 18.8. The average molecular weight is 301 g/mol. The Morgan fingerprint density at radius 1 is 1.18 bits per heavy atom. The second kappa shape index (κ2) is 7.59. The Bertz CT molecular complexity index is 625. The highest BCUT2D eigenvalue weighted by Crippen LogP contribution is 2.21. The summed E-state index contributed by atoms with van der Waals surface area (Å²) in [7, 11) is 0. The topological polar surface area (TPSA) is 38.3 Å². The maximum Gasteiger partial charge on any atom is 0.262 e. The van der Waals surface area contributed by atoms with Gasteiger partial charge in [-0.1, -0.05) is 38.1 Å². The van der Waals surface area contributed by atoms with Crippen molar-refractivity contribution >= 4 is 11.6 Å². The molecule has 1 amide bonds. The van der Waals surface area contributed by atoms with Crippen molar-refractivity contribution in [3.8, 4) is 5.75 Å². The molecule has 0 heterocycles. The monoisotopic (exact) mass is 301 g/mol. The number of hydrogen-bond acceptors (Lipinski definition) is 2. The van der Waals surface area contributed by atoms with E-state index in [2.05, 4.69) is 19.2 Å². The number of rotatable bonds is 6. The fourth-order valence-electron chi connectivity index (χ4n) is 2.03. The van der Waals surface area contributed by atoms with Gasteiger partial charge in [-0.3, -0.25) is 4.79 Å². The zero-order chi connectivity index (χ0) is 15.9. The van der Waals surface area contributed by atoms with Crippen LogP contribution in [0.4, 0.5) is 10.1 Å². The molecule has 1 N–H and O–H groups in total. The van der Waals surface area contributed by atoms with Crippen LogP contribution in [0.3, 0.4) is 0 Å². The molecule has 116 valence electrons. The summed E-state index contributed by atoms with van der Waals surface area (Å²) in [6.07, 6.45) is 1.07. The fourth-order valence-corrected chi connectivity index (χ4v) is 2.03. The summed E-state index contributed by atoms with van der Waals surface area (Å²) in [6.45, 7) is 4.15. The lowest BCUT2D eigenvalue weighted by Crippen LogP contribution is -2.20. The third-order valence-corrected chi connectivity index (χ3v) is 3.58. The van der Waals surface area contributed by atoms with Gasteiger partial charge in [0.2, 0.25) is 0 Å². The zero-order valence-electron chi connectivity index (χ0n) is 12.8. The van der Waals surface area contributed by atoms with Crippen LogP contribution in [-0.2, 0) is 4.79 Å². The van der Waals surface area contributed by atoms with Crippen LogP contribution in [-0.4, -0.2) is 12.5 Å². The lowest BCUT2D eigenvalue weighted by Gasteiger charge is -2.11. The number of para-hydroxylation sites is 1. The molecule has 2 aromatic carbocycles. The van der Waals surface area contributed by atoms with Crippen LogP contribution < -0.4 is 10.1 Å². The smallest absolute Gasteiger partial charge is 0.262 e. The summed E-state index contributed by atoms with van der Waals surface area (Å²) in [4.78, 5) is 11.8. The molecule has 0 bridgehead atoms. The van der Waals surface area contributed by atoms with Gasteiger partial charge in [0.15, 0.2) is 6.61 Å². The van der Waals surface area contributed by atoms with Crippen LogP contribution in [0.5, 0.6) is 5.75 Å². The summed E-state index contributed by atoms with van der Waals surface area (Å²) in [5, 5.41) is 2.48. The first kappa shape index (κ1) is 16.0. The highest BCUT2D eigenvalue weighted by atomic mass is 19.1. The molecule has 0 spiro atoms. The van der Waals surface area contributed by atoms with Gasteiger partial charge >= 0.3 is 0 Å². The molecule has 0 saturated heterocycles. The Morgan fingerprint density at radius 3 is 2.50 bits per heavy atom. The molecule has 0 aliphatic heterocycles. The van der Waals surface area contributed by atoms with Gasteiger partial charge in [-0.15, -0.1) is 0 Å². The molecule has 0 saturated carbocycles. The van der Waals surface area contributed by atoms with Crippen molar-refractivity contribution in [3.05, 3.63) is 59.9 Å². The minimum Gasteiger partial charge on any atom is -0.484 e. The van der Waals surface area contributed by atoms with Crippen LogP contribution in [0.2, 0.25) is 0 Å². The zero-order valence-corrected chi connectivity index (χ0v) is 12.8. The quantitative estimate of drug-likeness (QED) is 0.861. The second-order valence-electron chi connectivity index (χ2n) is 5.20. The van der Waals surface area contributed by atoms with Gasteiger partial charge in [-0.25, -0.2) is 4.39 Å². The molecule has 0 aliphatic rings. The first-order valence-corrected chi connectivity index (χ1v) is 7.37. The molecular weight excluding hydrogens is 281 g/mol. The van der Waals surface area contributed by atoms with E-state index < -0.39 is 11.7 Å². The molecule has 2 rings (SSSR count). The van der Waals surface area contributed by atoms with E-state index in [9.17, 15) is 9.18 Å². The van der Waals surface area contributed by atoms with Gasteiger partial charge < -0.3 is 10.1 Å². The minimum atomic E-state index is -0.464. The second-order valence-corrected chi connectivity index (χ2v) is 5.20. The van der Waals surface area contributed by atoms with Crippen molar-refractivity contribution in [3.63, 3.8) is 0 Å². The van der Waals surface area contributed by atoms with Gasteiger partial charge in [0.1, 0.15) is 11.6 Å². The van der Waals surface area contributed by atoms with Crippen molar-refractivity contribution in [2.75, 3.05) is 11.9 Å². The number of ether oxygens (including phenoxy) is 1. The highest BCUT2D eigenvalue weighted by Gasteiger charge is 2.08. The predicted octanol–water partition coefficient (Wildman–Crippen LogP) is 4.36.